The molecule has 0 bridgehead atoms. The van der Waals surface area contributed by atoms with Crippen LogP contribution < -0.4 is 4.74 Å². The lowest BCUT2D eigenvalue weighted by Crippen LogP contribution is -2.27. The maximum atomic E-state index is 14.1. The predicted octanol–water partition coefficient (Wildman–Crippen LogP) is 4.08. The van der Waals surface area contributed by atoms with Gasteiger partial charge < -0.3 is 9.84 Å². The van der Waals surface area contributed by atoms with Crippen molar-refractivity contribution in [1.82, 2.24) is 0 Å². The molecule has 0 aliphatic heterocycles. The largest absolute Gasteiger partial charge is 0.496 e. The van der Waals surface area contributed by atoms with Crippen molar-refractivity contribution >= 4 is 11.6 Å². The van der Waals surface area contributed by atoms with Crippen molar-refractivity contribution in [3.05, 3.63) is 64.2 Å². The number of ether oxygens (including phenoxy) is 1. The summed E-state index contributed by atoms with van der Waals surface area (Å²) in [5, 5.41) is 10.8. The molecule has 1 N–H and O–H groups in total. The Labute approximate surface area is 126 Å². The van der Waals surface area contributed by atoms with Crippen molar-refractivity contribution in [1.29, 1.82) is 0 Å². The van der Waals surface area contributed by atoms with Crippen LogP contribution in [0.2, 0.25) is 5.02 Å². The first-order valence-electron chi connectivity index (χ1n) is 6.35. The molecule has 0 aliphatic carbocycles. The molecular formula is C16H15ClF2O2. The highest BCUT2D eigenvalue weighted by atomic mass is 35.5. The first-order valence-corrected chi connectivity index (χ1v) is 6.73. The standard InChI is InChI=1S/C16H15ClF2O2/c1-16(20,9-10-11(17)5-3-6-12(10)18)15-13(19)7-4-8-14(15)21-2/h3-8,20H,9H2,1-2H3. The van der Waals surface area contributed by atoms with E-state index in [1.54, 1.807) is 0 Å². The van der Waals surface area contributed by atoms with Gasteiger partial charge in [-0.3, -0.25) is 0 Å². The lowest BCUT2D eigenvalue weighted by Gasteiger charge is -2.27. The van der Waals surface area contributed by atoms with Crippen LogP contribution in [0.3, 0.4) is 0 Å². The summed E-state index contributed by atoms with van der Waals surface area (Å²) in [5.74, 6) is -0.961. The third-order valence-electron chi connectivity index (χ3n) is 3.32. The Balaban J connectivity index is 2.48. The van der Waals surface area contributed by atoms with E-state index in [2.05, 4.69) is 0 Å². The Kier molecular flexibility index (Phi) is 4.49. The fraction of sp³-hybridized carbons (Fsp3) is 0.250. The second-order valence-corrected chi connectivity index (χ2v) is 5.38. The zero-order chi connectivity index (χ0) is 15.6. The molecule has 1 atom stereocenters. The Morgan fingerprint density at radius 3 is 2.38 bits per heavy atom. The average Bonchev–Trinajstić information content (AvgIpc) is 2.42. The van der Waals surface area contributed by atoms with Crippen molar-refractivity contribution in [3.63, 3.8) is 0 Å². The van der Waals surface area contributed by atoms with E-state index in [0.717, 1.165) is 0 Å². The van der Waals surface area contributed by atoms with Crippen LogP contribution in [-0.4, -0.2) is 12.2 Å². The monoisotopic (exact) mass is 312 g/mol. The molecule has 0 radical (unpaired) electrons. The SMILES string of the molecule is COc1cccc(F)c1C(C)(O)Cc1c(F)cccc1Cl. The Morgan fingerprint density at radius 2 is 1.76 bits per heavy atom. The summed E-state index contributed by atoms with van der Waals surface area (Å²) >= 11 is 5.96. The van der Waals surface area contributed by atoms with Crippen LogP contribution in [0.1, 0.15) is 18.1 Å². The molecular weight excluding hydrogens is 298 g/mol. The normalized spacial score (nSPS) is 13.8. The van der Waals surface area contributed by atoms with Gasteiger partial charge in [0.15, 0.2) is 0 Å². The van der Waals surface area contributed by atoms with Gasteiger partial charge in [-0.15, -0.1) is 0 Å². The lowest BCUT2D eigenvalue weighted by atomic mass is 9.87. The zero-order valence-corrected chi connectivity index (χ0v) is 12.4. The molecule has 112 valence electrons. The Morgan fingerprint density at radius 1 is 1.14 bits per heavy atom. The molecule has 2 aromatic carbocycles. The topological polar surface area (TPSA) is 29.5 Å². The van der Waals surface area contributed by atoms with Crippen molar-refractivity contribution in [2.24, 2.45) is 0 Å². The number of rotatable bonds is 4. The molecule has 1 unspecified atom stereocenters. The van der Waals surface area contributed by atoms with Gasteiger partial charge in [-0.2, -0.15) is 0 Å². The molecule has 21 heavy (non-hydrogen) atoms. The smallest absolute Gasteiger partial charge is 0.133 e. The summed E-state index contributed by atoms with van der Waals surface area (Å²) in [5.41, 5.74) is -1.55. The van der Waals surface area contributed by atoms with Crippen LogP contribution in [0, 0.1) is 11.6 Å². The summed E-state index contributed by atoms with van der Waals surface area (Å²) in [7, 11) is 1.38. The number of benzene rings is 2. The van der Waals surface area contributed by atoms with Gasteiger partial charge in [0, 0.05) is 17.0 Å². The van der Waals surface area contributed by atoms with E-state index >= 15 is 0 Å². The van der Waals surface area contributed by atoms with Crippen LogP contribution in [0.4, 0.5) is 8.78 Å². The van der Waals surface area contributed by atoms with Crippen molar-refractivity contribution < 1.29 is 18.6 Å². The van der Waals surface area contributed by atoms with Gasteiger partial charge in [-0.05, 0) is 31.2 Å². The van der Waals surface area contributed by atoms with Crippen LogP contribution in [0.25, 0.3) is 0 Å². The van der Waals surface area contributed by atoms with E-state index in [0.29, 0.717) is 0 Å². The quantitative estimate of drug-likeness (QED) is 0.922. The summed E-state index contributed by atoms with van der Waals surface area (Å²) in [6, 6.07) is 8.47. The fourth-order valence-corrected chi connectivity index (χ4v) is 2.56. The van der Waals surface area contributed by atoms with Gasteiger partial charge in [-0.1, -0.05) is 23.7 Å². The average molecular weight is 313 g/mol. The molecule has 0 fully saturated rings. The molecule has 2 rings (SSSR count). The molecule has 0 spiro atoms. The van der Waals surface area contributed by atoms with Crippen molar-refractivity contribution in [3.8, 4) is 5.75 Å². The minimum Gasteiger partial charge on any atom is -0.496 e. The number of hydrogen-bond acceptors (Lipinski definition) is 2. The van der Waals surface area contributed by atoms with E-state index in [1.807, 2.05) is 0 Å². The lowest BCUT2D eigenvalue weighted by molar-refractivity contribution is 0.0501. The maximum absolute atomic E-state index is 14.1. The van der Waals surface area contributed by atoms with Crippen LogP contribution >= 0.6 is 11.6 Å². The first-order chi connectivity index (χ1) is 9.86. The Hall–Kier alpha value is -1.65. The summed E-state index contributed by atoms with van der Waals surface area (Å²) in [6.07, 6.45) is -0.171. The molecule has 2 aromatic rings. The summed E-state index contributed by atoms with van der Waals surface area (Å²) in [6.45, 7) is 1.40. The van der Waals surface area contributed by atoms with Crippen LogP contribution in [-0.2, 0) is 12.0 Å². The molecule has 0 saturated heterocycles. The molecule has 0 aliphatic rings. The van der Waals surface area contributed by atoms with E-state index in [4.69, 9.17) is 16.3 Å². The molecule has 0 saturated carbocycles. The molecule has 0 heterocycles. The molecule has 5 heteroatoms. The minimum atomic E-state index is -1.66. The number of aliphatic hydroxyl groups is 1. The van der Waals surface area contributed by atoms with Crippen LogP contribution in [0.15, 0.2) is 36.4 Å². The van der Waals surface area contributed by atoms with Crippen molar-refractivity contribution in [2.75, 3.05) is 7.11 Å². The second-order valence-electron chi connectivity index (χ2n) is 4.97. The zero-order valence-electron chi connectivity index (χ0n) is 11.7. The molecule has 0 aromatic heterocycles. The van der Waals surface area contributed by atoms with Gasteiger partial charge >= 0.3 is 0 Å². The van der Waals surface area contributed by atoms with E-state index in [9.17, 15) is 13.9 Å². The number of hydrogen-bond donors (Lipinski definition) is 1. The highest BCUT2D eigenvalue weighted by Gasteiger charge is 2.32. The number of halogens is 3. The van der Waals surface area contributed by atoms with Crippen molar-refractivity contribution in [2.45, 2.75) is 18.9 Å². The van der Waals surface area contributed by atoms with Crippen LogP contribution in [0.5, 0.6) is 5.75 Å². The molecule has 2 nitrogen and oxygen atoms in total. The minimum absolute atomic E-state index is 0.0215. The number of methoxy groups -OCH3 is 1. The van der Waals surface area contributed by atoms with E-state index in [-0.39, 0.29) is 28.3 Å². The summed E-state index contributed by atoms with van der Waals surface area (Å²) in [4.78, 5) is 0. The van der Waals surface area contributed by atoms with Gasteiger partial charge in [0.1, 0.15) is 17.4 Å². The second kappa shape index (κ2) is 6.00. The van der Waals surface area contributed by atoms with Gasteiger partial charge in [0.2, 0.25) is 0 Å². The predicted molar refractivity (Wildman–Crippen MR) is 77.6 cm³/mol. The maximum Gasteiger partial charge on any atom is 0.133 e. The third kappa shape index (κ3) is 3.17. The first kappa shape index (κ1) is 15.7. The van der Waals surface area contributed by atoms with Gasteiger partial charge in [0.05, 0.1) is 18.3 Å². The van der Waals surface area contributed by atoms with E-state index < -0.39 is 17.2 Å². The van der Waals surface area contributed by atoms with E-state index in [1.165, 1.54) is 50.4 Å². The summed E-state index contributed by atoms with van der Waals surface area (Å²) < 4.78 is 33.0. The van der Waals surface area contributed by atoms with Gasteiger partial charge in [-0.25, -0.2) is 8.78 Å². The fourth-order valence-electron chi connectivity index (χ4n) is 2.33. The third-order valence-corrected chi connectivity index (χ3v) is 3.67. The molecule has 0 amide bonds. The Bertz CT molecular complexity index is 636. The highest BCUT2D eigenvalue weighted by molar-refractivity contribution is 6.31. The van der Waals surface area contributed by atoms with Gasteiger partial charge in [0.25, 0.3) is 0 Å². The highest BCUT2D eigenvalue weighted by Crippen LogP contribution is 2.36.